The fourth-order valence-corrected chi connectivity index (χ4v) is 4.75. The highest BCUT2D eigenvalue weighted by Crippen LogP contribution is 2.36. The van der Waals surface area contributed by atoms with Crippen molar-refractivity contribution in [2.45, 2.75) is 64.9 Å². The highest BCUT2D eigenvalue weighted by molar-refractivity contribution is 5.98. The van der Waals surface area contributed by atoms with Crippen LogP contribution in [0.1, 0.15) is 67.8 Å². The molecule has 0 aromatic heterocycles. The first kappa shape index (κ1) is 21.8. The number of aliphatic hydroxyl groups is 2. The molecule has 6 heteroatoms. The predicted molar refractivity (Wildman–Crippen MR) is 113 cm³/mol. The molecule has 0 bridgehead atoms. The molecule has 1 aliphatic carbocycles. The van der Waals surface area contributed by atoms with Crippen molar-refractivity contribution in [3.8, 4) is 0 Å². The molecule has 1 saturated heterocycles. The molecule has 0 unspecified atom stereocenters. The molecule has 1 heterocycles. The average Bonchev–Trinajstić information content (AvgIpc) is 3.26. The van der Waals surface area contributed by atoms with Crippen molar-refractivity contribution in [2.24, 2.45) is 11.3 Å². The van der Waals surface area contributed by atoms with Crippen LogP contribution in [-0.4, -0.2) is 52.7 Å². The van der Waals surface area contributed by atoms with E-state index in [-0.39, 0.29) is 30.9 Å². The molecule has 0 spiro atoms. The Labute approximate surface area is 173 Å². The van der Waals surface area contributed by atoms with Gasteiger partial charge in [0.1, 0.15) is 0 Å². The minimum atomic E-state index is -0.739. The van der Waals surface area contributed by atoms with Crippen LogP contribution in [0.15, 0.2) is 18.2 Å². The van der Waals surface area contributed by atoms with Crippen LogP contribution in [0, 0.1) is 18.3 Å². The lowest BCUT2D eigenvalue weighted by molar-refractivity contribution is -0.119. The van der Waals surface area contributed by atoms with Crippen molar-refractivity contribution in [1.82, 2.24) is 4.90 Å². The standard InChI is InChI=1S/C23H34N2O4/c1-3-10-23(15-26)11-12-25(14-20(23)27)22(29)18-9-8-16(2)19(13-18)24-21(28)17-6-4-5-7-17/h8-9,13,17,20,26-27H,3-7,10-12,14-15H2,1-2H3,(H,24,28)/t20-,23-/m1/s1. The molecule has 2 aliphatic rings. The zero-order valence-electron chi connectivity index (χ0n) is 17.6. The van der Waals surface area contributed by atoms with Crippen LogP contribution in [0.4, 0.5) is 5.69 Å². The number of benzene rings is 1. The monoisotopic (exact) mass is 402 g/mol. The van der Waals surface area contributed by atoms with Crippen LogP contribution >= 0.6 is 0 Å². The summed E-state index contributed by atoms with van der Waals surface area (Å²) in [5, 5.41) is 23.5. The van der Waals surface area contributed by atoms with Gasteiger partial charge < -0.3 is 20.4 Å². The molecule has 2 fully saturated rings. The van der Waals surface area contributed by atoms with Gasteiger partial charge in [-0.05, 0) is 50.3 Å². The first-order chi connectivity index (χ1) is 13.9. The van der Waals surface area contributed by atoms with Crippen molar-refractivity contribution in [3.63, 3.8) is 0 Å². The predicted octanol–water partition coefficient (Wildman–Crippen LogP) is 3.11. The number of hydrogen-bond acceptors (Lipinski definition) is 4. The number of aryl methyl sites for hydroxylation is 1. The zero-order chi connectivity index (χ0) is 21.0. The lowest BCUT2D eigenvalue weighted by atomic mass is 9.73. The Morgan fingerprint density at radius 1 is 1.28 bits per heavy atom. The molecular formula is C23H34N2O4. The molecule has 0 radical (unpaired) electrons. The number of rotatable bonds is 6. The molecule has 2 atom stereocenters. The fourth-order valence-electron chi connectivity index (χ4n) is 4.75. The van der Waals surface area contributed by atoms with E-state index in [2.05, 4.69) is 5.32 Å². The minimum Gasteiger partial charge on any atom is -0.396 e. The number of aliphatic hydroxyl groups excluding tert-OH is 2. The fraction of sp³-hybridized carbons (Fsp3) is 0.652. The number of carbonyl (C=O) groups excluding carboxylic acids is 2. The summed E-state index contributed by atoms with van der Waals surface area (Å²) in [6.45, 7) is 4.62. The molecule has 1 aromatic rings. The third kappa shape index (κ3) is 4.64. The van der Waals surface area contributed by atoms with E-state index >= 15 is 0 Å². The Morgan fingerprint density at radius 2 is 2.00 bits per heavy atom. The Kier molecular flexibility index (Phi) is 6.96. The Morgan fingerprint density at radius 3 is 2.62 bits per heavy atom. The zero-order valence-corrected chi connectivity index (χ0v) is 17.6. The third-order valence-corrected chi connectivity index (χ3v) is 6.80. The Hall–Kier alpha value is -1.92. The van der Waals surface area contributed by atoms with Crippen LogP contribution in [-0.2, 0) is 4.79 Å². The summed E-state index contributed by atoms with van der Waals surface area (Å²) in [4.78, 5) is 27.2. The first-order valence-corrected chi connectivity index (χ1v) is 10.9. The van der Waals surface area contributed by atoms with Crippen molar-refractivity contribution in [2.75, 3.05) is 25.0 Å². The maximum Gasteiger partial charge on any atom is 0.254 e. The van der Waals surface area contributed by atoms with Crippen LogP contribution in [0.25, 0.3) is 0 Å². The molecule has 3 N–H and O–H groups in total. The second kappa shape index (κ2) is 9.26. The number of nitrogens with zero attached hydrogens (tertiary/aromatic N) is 1. The second-order valence-corrected chi connectivity index (χ2v) is 8.79. The summed E-state index contributed by atoms with van der Waals surface area (Å²) >= 11 is 0. The lowest BCUT2D eigenvalue weighted by Gasteiger charge is -2.44. The SMILES string of the molecule is CCC[C@]1(CO)CCN(C(=O)c2ccc(C)c(NC(=O)C3CCCC3)c2)C[C@H]1O. The Bertz CT molecular complexity index is 744. The second-order valence-electron chi connectivity index (χ2n) is 8.79. The van der Waals surface area contributed by atoms with E-state index in [1.54, 1.807) is 17.0 Å². The number of hydrogen-bond donors (Lipinski definition) is 3. The third-order valence-electron chi connectivity index (χ3n) is 6.80. The summed E-state index contributed by atoms with van der Waals surface area (Å²) in [7, 11) is 0. The average molecular weight is 403 g/mol. The number of β-amino-alcohol motifs (C(OH)–C–C–N with tert-alkyl or cyclic N) is 1. The number of amides is 2. The van der Waals surface area contributed by atoms with Crippen molar-refractivity contribution in [1.29, 1.82) is 0 Å². The number of anilines is 1. The van der Waals surface area contributed by atoms with Crippen molar-refractivity contribution >= 4 is 17.5 Å². The van der Waals surface area contributed by atoms with Gasteiger partial charge in [0.05, 0.1) is 12.7 Å². The van der Waals surface area contributed by atoms with E-state index in [0.717, 1.165) is 44.1 Å². The van der Waals surface area contributed by atoms with Gasteiger partial charge in [-0.1, -0.05) is 32.3 Å². The molecule has 1 saturated carbocycles. The number of likely N-dealkylation sites (tertiary alicyclic amines) is 1. The van der Waals surface area contributed by atoms with E-state index in [9.17, 15) is 19.8 Å². The van der Waals surface area contributed by atoms with Crippen LogP contribution in [0.3, 0.4) is 0 Å². The topological polar surface area (TPSA) is 89.9 Å². The molecule has 6 nitrogen and oxygen atoms in total. The molecule has 29 heavy (non-hydrogen) atoms. The van der Waals surface area contributed by atoms with E-state index in [1.165, 1.54) is 0 Å². The summed E-state index contributed by atoms with van der Waals surface area (Å²) in [5.74, 6) is -0.0458. The van der Waals surface area contributed by atoms with E-state index in [0.29, 0.717) is 24.2 Å². The molecular weight excluding hydrogens is 368 g/mol. The summed E-state index contributed by atoms with van der Waals surface area (Å²) in [5.41, 5.74) is 1.60. The quantitative estimate of drug-likeness (QED) is 0.682. The van der Waals surface area contributed by atoms with Gasteiger partial charge in [0.25, 0.3) is 5.91 Å². The van der Waals surface area contributed by atoms with Gasteiger partial charge in [0.2, 0.25) is 5.91 Å². The van der Waals surface area contributed by atoms with Gasteiger partial charge in [0.15, 0.2) is 0 Å². The van der Waals surface area contributed by atoms with Gasteiger partial charge in [-0.3, -0.25) is 9.59 Å². The van der Waals surface area contributed by atoms with Gasteiger partial charge in [-0.2, -0.15) is 0 Å². The lowest BCUT2D eigenvalue weighted by Crippen LogP contribution is -2.54. The number of piperidine rings is 1. The molecule has 2 amide bonds. The van der Waals surface area contributed by atoms with Gasteiger partial charge >= 0.3 is 0 Å². The van der Waals surface area contributed by atoms with E-state index < -0.39 is 11.5 Å². The maximum atomic E-state index is 13.0. The summed E-state index contributed by atoms with van der Waals surface area (Å²) in [6.07, 6.45) is 5.53. The van der Waals surface area contributed by atoms with Gasteiger partial charge in [-0.25, -0.2) is 0 Å². The first-order valence-electron chi connectivity index (χ1n) is 10.9. The Balaban J connectivity index is 1.70. The molecule has 1 aliphatic heterocycles. The van der Waals surface area contributed by atoms with Crippen LogP contribution < -0.4 is 5.32 Å². The van der Waals surface area contributed by atoms with Crippen LogP contribution in [0.5, 0.6) is 0 Å². The molecule has 1 aromatic carbocycles. The van der Waals surface area contributed by atoms with E-state index in [4.69, 9.17) is 0 Å². The highest BCUT2D eigenvalue weighted by atomic mass is 16.3. The minimum absolute atomic E-state index is 0.0379. The largest absolute Gasteiger partial charge is 0.396 e. The maximum absolute atomic E-state index is 13.0. The van der Waals surface area contributed by atoms with E-state index in [1.807, 2.05) is 19.9 Å². The normalized spacial score (nSPS) is 25.2. The van der Waals surface area contributed by atoms with Gasteiger partial charge in [0, 0.05) is 35.7 Å². The number of carbonyl (C=O) groups is 2. The summed E-state index contributed by atoms with van der Waals surface area (Å²) < 4.78 is 0. The summed E-state index contributed by atoms with van der Waals surface area (Å²) in [6, 6.07) is 5.37. The molecule has 3 rings (SSSR count). The van der Waals surface area contributed by atoms with Crippen molar-refractivity contribution < 1.29 is 19.8 Å². The van der Waals surface area contributed by atoms with Crippen LogP contribution in [0.2, 0.25) is 0 Å². The van der Waals surface area contributed by atoms with Gasteiger partial charge in [-0.15, -0.1) is 0 Å². The number of nitrogens with one attached hydrogen (secondary N) is 1. The molecule has 160 valence electrons. The highest BCUT2D eigenvalue weighted by Gasteiger charge is 2.42. The smallest absolute Gasteiger partial charge is 0.254 e. The van der Waals surface area contributed by atoms with Crippen molar-refractivity contribution in [3.05, 3.63) is 29.3 Å².